The van der Waals surface area contributed by atoms with Gasteiger partial charge < -0.3 is 9.80 Å². The molecule has 2 aromatic rings. The van der Waals surface area contributed by atoms with E-state index in [4.69, 9.17) is 4.98 Å². The van der Waals surface area contributed by atoms with Gasteiger partial charge in [0.05, 0.1) is 5.69 Å². The topological polar surface area (TPSA) is 74.1 Å². The third kappa shape index (κ3) is 3.46. The first-order valence-electron chi connectivity index (χ1n) is 9.81. The Morgan fingerprint density at radius 3 is 2.82 bits per heavy atom. The van der Waals surface area contributed by atoms with Crippen LogP contribution < -0.4 is 5.56 Å². The standard InChI is InChI=1S/C19H28N6O2S/c1-5-16-21-25-17(27)6-15(20-18(25)28-16)9-23-7-14-8-24(13(2)26)12-19(14,11-23)10-22(3)4/h6,14H,5,7-12H2,1-4H3/t14-,19+/m0/s1. The van der Waals surface area contributed by atoms with E-state index >= 15 is 0 Å². The van der Waals surface area contributed by atoms with Crippen LogP contribution in [0.4, 0.5) is 0 Å². The van der Waals surface area contributed by atoms with Crippen molar-refractivity contribution in [3.63, 3.8) is 0 Å². The largest absolute Gasteiger partial charge is 0.342 e. The summed E-state index contributed by atoms with van der Waals surface area (Å²) in [6.45, 7) is 8.80. The van der Waals surface area contributed by atoms with Crippen molar-refractivity contribution in [2.75, 3.05) is 46.8 Å². The van der Waals surface area contributed by atoms with Crippen LogP contribution in [0.15, 0.2) is 10.9 Å². The fourth-order valence-electron chi connectivity index (χ4n) is 4.85. The van der Waals surface area contributed by atoms with E-state index in [1.807, 2.05) is 11.8 Å². The van der Waals surface area contributed by atoms with Crippen LogP contribution in [0, 0.1) is 11.3 Å². The zero-order valence-electron chi connectivity index (χ0n) is 17.0. The van der Waals surface area contributed by atoms with Crippen LogP contribution in [0.2, 0.25) is 0 Å². The van der Waals surface area contributed by atoms with Gasteiger partial charge in [-0.2, -0.15) is 9.61 Å². The maximum atomic E-state index is 12.4. The summed E-state index contributed by atoms with van der Waals surface area (Å²) in [6.07, 6.45) is 0.802. The van der Waals surface area contributed by atoms with E-state index in [0.29, 0.717) is 17.4 Å². The van der Waals surface area contributed by atoms with E-state index in [1.54, 1.807) is 13.0 Å². The van der Waals surface area contributed by atoms with Gasteiger partial charge >= 0.3 is 0 Å². The number of likely N-dealkylation sites (tertiary alicyclic amines) is 2. The van der Waals surface area contributed by atoms with Gasteiger partial charge in [-0.3, -0.25) is 14.5 Å². The van der Waals surface area contributed by atoms with Crippen LogP contribution in [-0.4, -0.2) is 82.0 Å². The number of hydrogen-bond donors (Lipinski definition) is 0. The van der Waals surface area contributed by atoms with Crippen molar-refractivity contribution in [1.29, 1.82) is 0 Å². The molecule has 0 saturated carbocycles. The molecule has 152 valence electrons. The third-order valence-corrected chi connectivity index (χ3v) is 6.99. The fourth-order valence-corrected chi connectivity index (χ4v) is 5.71. The first-order chi connectivity index (χ1) is 13.3. The van der Waals surface area contributed by atoms with Crippen LogP contribution in [0.5, 0.6) is 0 Å². The summed E-state index contributed by atoms with van der Waals surface area (Å²) < 4.78 is 1.41. The van der Waals surface area contributed by atoms with E-state index < -0.39 is 0 Å². The van der Waals surface area contributed by atoms with E-state index in [0.717, 1.165) is 49.8 Å². The maximum absolute atomic E-state index is 12.4. The number of amides is 1. The molecule has 2 fully saturated rings. The number of rotatable bonds is 5. The first-order valence-corrected chi connectivity index (χ1v) is 10.6. The van der Waals surface area contributed by atoms with Crippen LogP contribution in [0.25, 0.3) is 4.96 Å². The zero-order valence-corrected chi connectivity index (χ0v) is 17.8. The smallest absolute Gasteiger partial charge is 0.275 e. The highest BCUT2D eigenvalue weighted by Crippen LogP contribution is 2.43. The molecule has 28 heavy (non-hydrogen) atoms. The molecule has 0 N–H and O–H groups in total. The van der Waals surface area contributed by atoms with E-state index in [-0.39, 0.29) is 16.9 Å². The molecular formula is C19H28N6O2S. The number of aryl methyl sites for hydroxylation is 1. The van der Waals surface area contributed by atoms with Crippen LogP contribution in [-0.2, 0) is 17.8 Å². The van der Waals surface area contributed by atoms with E-state index in [2.05, 4.69) is 29.0 Å². The minimum absolute atomic E-state index is 0.0915. The third-order valence-electron chi connectivity index (χ3n) is 5.93. The highest BCUT2D eigenvalue weighted by Gasteiger charge is 2.53. The molecule has 0 aliphatic carbocycles. The lowest BCUT2D eigenvalue weighted by molar-refractivity contribution is -0.128. The Morgan fingerprint density at radius 1 is 1.36 bits per heavy atom. The van der Waals surface area contributed by atoms with E-state index in [9.17, 15) is 9.59 Å². The van der Waals surface area contributed by atoms with Gasteiger partial charge in [0.25, 0.3) is 5.56 Å². The van der Waals surface area contributed by atoms with Gasteiger partial charge in [-0.05, 0) is 26.4 Å². The van der Waals surface area contributed by atoms with Gasteiger partial charge in [0, 0.05) is 57.7 Å². The number of hydrogen-bond acceptors (Lipinski definition) is 7. The Morgan fingerprint density at radius 2 is 2.14 bits per heavy atom. The average Bonchev–Trinajstić information content (AvgIpc) is 3.24. The van der Waals surface area contributed by atoms with Crippen LogP contribution in [0.1, 0.15) is 24.5 Å². The predicted octanol–water partition coefficient (Wildman–Crippen LogP) is 0.555. The summed E-state index contributed by atoms with van der Waals surface area (Å²) in [5.74, 6) is 0.620. The van der Waals surface area contributed by atoms with Crippen LogP contribution in [0.3, 0.4) is 0 Å². The van der Waals surface area contributed by atoms with Crippen LogP contribution >= 0.6 is 11.3 Å². The summed E-state index contributed by atoms with van der Waals surface area (Å²) in [7, 11) is 4.19. The summed E-state index contributed by atoms with van der Waals surface area (Å²) in [6, 6.07) is 1.61. The van der Waals surface area contributed by atoms with Crippen molar-refractivity contribution in [2.24, 2.45) is 11.3 Å². The Labute approximate surface area is 168 Å². The molecule has 0 unspecified atom stereocenters. The number of carbonyl (C=O) groups is 1. The molecule has 2 aromatic heterocycles. The molecule has 2 aliphatic heterocycles. The van der Waals surface area contributed by atoms with Gasteiger partial charge in [-0.25, -0.2) is 4.98 Å². The second-order valence-corrected chi connectivity index (χ2v) is 9.54. The number of fused-ring (bicyclic) bond motifs is 2. The van der Waals surface area contributed by atoms with Gasteiger partial charge in [0.2, 0.25) is 10.9 Å². The molecule has 1 amide bonds. The second-order valence-electron chi connectivity index (χ2n) is 8.50. The minimum Gasteiger partial charge on any atom is -0.342 e. The molecule has 0 bridgehead atoms. The fraction of sp³-hybridized carbons (Fsp3) is 0.684. The quantitative estimate of drug-likeness (QED) is 0.725. The lowest BCUT2D eigenvalue weighted by Crippen LogP contribution is -2.42. The highest BCUT2D eigenvalue weighted by atomic mass is 32.1. The van der Waals surface area contributed by atoms with E-state index in [1.165, 1.54) is 15.9 Å². The Kier molecular flexibility index (Phi) is 5.01. The van der Waals surface area contributed by atoms with Gasteiger partial charge in [-0.15, -0.1) is 0 Å². The Bertz CT molecular complexity index is 954. The molecule has 2 saturated heterocycles. The average molecular weight is 405 g/mol. The zero-order chi connectivity index (χ0) is 20.1. The summed E-state index contributed by atoms with van der Waals surface area (Å²) in [4.78, 5) is 36.3. The van der Waals surface area contributed by atoms with Crippen molar-refractivity contribution < 1.29 is 4.79 Å². The molecule has 8 nitrogen and oxygen atoms in total. The van der Waals surface area contributed by atoms with Gasteiger partial charge in [-0.1, -0.05) is 18.3 Å². The van der Waals surface area contributed by atoms with Crippen molar-refractivity contribution in [3.05, 3.63) is 27.1 Å². The first kappa shape index (κ1) is 19.5. The number of nitrogens with zero attached hydrogens (tertiary/aromatic N) is 6. The lowest BCUT2D eigenvalue weighted by Gasteiger charge is -2.32. The second kappa shape index (κ2) is 7.20. The van der Waals surface area contributed by atoms with Crippen molar-refractivity contribution >= 4 is 22.2 Å². The molecule has 0 aromatic carbocycles. The molecule has 0 spiro atoms. The highest BCUT2D eigenvalue weighted by molar-refractivity contribution is 7.16. The summed E-state index contributed by atoms with van der Waals surface area (Å²) in [5.41, 5.74) is 0.787. The molecular weight excluding hydrogens is 376 g/mol. The SMILES string of the molecule is CCc1nn2c(=O)cc(CN3C[C@H]4CN(C(C)=O)C[C@@]4(CN(C)C)C3)nc2s1. The molecule has 4 rings (SSSR count). The minimum atomic E-state index is -0.110. The van der Waals surface area contributed by atoms with Gasteiger partial charge in [0.1, 0.15) is 5.01 Å². The monoisotopic (exact) mass is 404 g/mol. The molecule has 4 heterocycles. The molecule has 9 heteroatoms. The number of carbonyl (C=O) groups excluding carboxylic acids is 1. The summed E-state index contributed by atoms with van der Waals surface area (Å²) >= 11 is 1.48. The van der Waals surface area contributed by atoms with Crippen molar-refractivity contribution in [3.8, 4) is 0 Å². The molecule has 2 atom stereocenters. The van der Waals surface area contributed by atoms with Gasteiger partial charge in [0.15, 0.2) is 0 Å². The van der Waals surface area contributed by atoms with Crippen molar-refractivity contribution in [1.82, 2.24) is 29.3 Å². The maximum Gasteiger partial charge on any atom is 0.275 e. The summed E-state index contributed by atoms with van der Waals surface area (Å²) in [5, 5.41) is 5.25. The molecule has 0 radical (unpaired) electrons. The Hall–Kier alpha value is -1.84. The van der Waals surface area contributed by atoms with Crippen molar-refractivity contribution in [2.45, 2.75) is 26.8 Å². The Balaban J connectivity index is 1.55. The lowest BCUT2D eigenvalue weighted by atomic mass is 9.80. The predicted molar refractivity (Wildman–Crippen MR) is 109 cm³/mol. The molecule has 2 aliphatic rings. The number of aromatic nitrogens is 3. The normalized spacial score (nSPS) is 25.2.